The van der Waals surface area contributed by atoms with Crippen molar-refractivity contribution in [2.24, 2.45) is 14.1 Å². The lowest BCUT2D eigenvalue weighted by Crippen LogP contribution is -2.20. The van der Waals surface area contributed by atoms with Gasteiger partial charge in [0.05, 0.1) is 0 Å². The molecular formula is C11H16N6O. The molecule has 2 aromatic heterocycles. The fourth-order valence-electron chi connectivity index (χ4n) is 1.51. The molecule has 0 spiro atoms. The zero-order valence-electron chi connectivity index (χ0n) is 10.9. The van der Waals surface area contributed by atoms with Gasteiger partial charge in [-0.15, -0.1) is 0 Å². The van der Waals surface area contributed by atoms with Gasteiger partial charge in [-0.3, -0.25) is 20.0 Å². The minimum Gasteiger partial charge on any atom is -0.291 e. The van der Waals surface area contributed by atoms with Crippen LogP contribution >= 0.6 is 0 Å². The Bertz CT molecular complexity index is 493. The first-order chi connectivity index (χ1) is 8.45. The number of hydrogen-bond acceptors (Lipinski definition) is 3. The van der Waals surface area contributed by atoms with Crippen molar-refractivity contribution in [2.75, 3.05) is 10.6 Å². The normalized spacial score (nSPS) is 10.4. The molecule has 0 radical (unpaired) electrons. The predicted molar refractivity (Wildman–Crippen MR) is 68.5 cm³/mol. The second-order valence-corrected chi connectivity index (χ2v) is 4.17. The number of carbonyl (C=O) groups is 1. The summed E-state index contributed by atoms with van der Waals surface area (Å²) in [4.78, 5) is 11.7. The number of amides is 2. The molecule has 2 N–H and O–H groups in total. The molecule has 0 saturated carbocycles. The van der Waals surface area contributed by atoms with Crippen molar-refractivity contribution in [3.05, 3.63) is 23.5 Å². The lowest BCUT2D eigenvalue weighted by atomic mass is 10.4. The van der Waals surface area contributed by atoms with E-state index in [2.05, 4.69) is 20.8 Å². The van der Waals surface area contributed by atoms with Gasteiger partial charge in [0.1, 0.15) is 0 Å². The zero-order valence-corrected chi connectivity index (χ0v) is 10.9. The number of urea groups is 1. The molecule has 2 heterocycles. The lowest BCUT2D eigenvalue weighted by Gasteiger charge is -2.01. The Morgan fingerprint density at radius 1 is 1.00 bits per heavy atom. The predicted octanol–water partition coefficient (Wildman–Crippen LogP) is 1.41. The Morgan fingerprint density at radius 3 is 1.67 bits per heavy atom. The van der Waals surface area contributed by atoms with Gasteiger partial charge in [-0.2, -0.15) is 10.2 Å². The molecule has 0 atom stereocenters. The first-order valence-corrected chi connectivity index (χ1v) is 5.55. The van der Waals surface area contributed by atoms with Gasteiger partial charge >= 0.3 is 6.03 Å². The fourth-order valence-corrected chi connectivity index (χ4v) is 1.51. The summed E-state index contributed by atoms with van der Waals surface area (Å²) in [5.41, 5.74) is 1.94. The van der Waals surface area contributed by atoms with Crippen molar-refractivity contribution >= 4 is 17.7 Å². The average Bonchev–Trinajstić information content (AvgIpc) is 2.72. The fraction of sp³-hybridized carbons (Fsp3) is 0.364. The van der Waals surface area contributed by atoms with Crippen molar-refractivity contribution in [3.8, 4) is 0 Å². The molecule has 96 valence electrons. The SMILES string of the molecule is Cc1cc(NC(=O)Nc2cc(C)n(C)n2)nn1C. The van der Waals surface area contributed by atoms with Crippen LogP contribution in [-0.4, -0.2) is 25.6 Å². The number of nitrogens with zero attached hydrogens (tertiary/aromatic N) is 4. The van der Waals surface area contributed by atoms with E-state index in [1.807, 2.05) is 27.9 Å². The van der Waals surface area contributed by atoms with E-state index in [4.69, 9.17) is 0 Å². The second-order valence-electron chi connectivity index (χ2n) is 4.17. The molecule has 0 unspecified atom stereocenters. The molecule has 0 saturated heterocycles. The van der Waals surface area contributed by atoms with E-state index >= 15 is 0 Å². The summed E-state index contributed by atoms with van der Waals surface area (Å²) in [5, 5.41) is 13.6. The smallest absolute Gasteiger partial charge is 0.291 e. The van der Waals surface area contributed by atoms with Gasteiger partial charge in [0.2, 0.25) is 0 Å². The van der Waals surface area contributed by atoms with Crippen LogP contribution in [0, 0.1) is 13.8 Å². The zero-order chi connectivity index (χ0) is 13.3. The highest BCUT2D eigenvalue weighted by atomic mass is 16.2. The summed E-state index contributed by atoms with van der Waals surface area (Å²) in [6, 6.07) is 3.23. The molecule has 0 aliphatic carbocycles. The third-order valence-electron chi connectivity index (χ3n) is 2.71. The quantitative estimate of drug-likeness (QED) is 0.843. The Hall–Kier alpha value is -2.31. The largest absolute Gasteiger partial charge is 0.326 e. The van der Waals surface area contributed by atoms with E-state index in [0.29, 0.717) is 11.6 Å². The number of carbonyl (C=O) groups excluding carboxylic acids is 1. The number of nitrogens with one attached hydrogen (secondary N) is 2. The third-order valence-corrected chi connectivity index (χ3v) is 2.71. The Kier molecular flexibility index (Phi) is 3.05. The van der Waals surface area contributed by atoms with E-state index < -0.39 is 0 Å². The summed E-state index contributed by atoms with van der Waals surface area (Å²) in [6.07, 6.45) is 0. The molecule has 2 amide bonds. The first-order valence-electron chi connectivity index (χ1n) is 5.55. The van der Waals surface area contributed by atoms with Crippen LogP contribution in [-0.2, 0) is 14.1 Å². The molecule has 2 rings (SSSR count). The van der Waals surface area contributed by atoms with E-state index in [1.54, 1.807) is 21.5 Å². The van der Waals surface area contributed by atoms with Crippen LogP contribution in [0.3, 0.4) is 0 Å². The van der Waals surface area contributed by atoms with Gasteiger partial charge in [-0.05, 0) is 13.8 Å². The minimum absolute atomic E-state index is 0.355. The van der Waals surface area contributed by atoms with Crippen LogP contribution in [0.25, 0.3) is 0 Å². The molecule has 0 aliphatic heterocycles. The van der Waals surface area contributed by atoms with Crippen molar-refractivity contribution in [2.45, 2.75) is 13.8 Å². The Balaban J connectivity index is 2.00. The van der Waals surface area contributed by atoms with Gasteiger partial charge in [0.25, 0.3) is 0 Å². The van der Waals surface area contributed by atoms with E-state index in [1.165, 1.54) is 0 Å². The summed E-state index contributed by atoms with van der Waals surface area (Å²) in [6.45, 7) is 3.83. The van der Waals surface area contributed by atoms with E-state index in [9.17, 15) is 4.79 Å². The Morgan fingerprint density at radius 2 is 1.39 bits per heavy atom. The highest BCUT2D eigenvalue weighted by Gasteiger charge is 2.08. The van der Waals surface area contributed by atoms with Crippen LogP contribution in [0.5, 0.6) is 0 Å². The number of anilines is 2. The molecular weight excluding hydrogens is 232 g/mol. The van der Waals surface area contributed by atoms with Crippen LogP contribution in [0.4, 0.5) is 16.4 Å². The van der Waals surface area contributed by atoms with E-state index in [0.717, 1.165) is 11.4 Å². The maximum atomic E-state index is 11.7. The minimum atomic E-state index is -0.355. The van der Waals surface area contributed by atoms with E-state index in [-0.39, 0.29) is 6.03 Å². The standard InChI is InChI=1S/C11H16N6O/c1-7-5-9(14-16(7)3)12-11(18)13-10-6-8(2)17(4)15-10/h5-6H,1-4H3,(H2,12,13,14,15,18). The van der Waals surface area contributed by atoms with Crippen LogP contribution in [0.15, 0.2) is 12.1 Å². The van der Waals surface area contributed by atoms with Crippen LogP contribution in [0.1, 0.15) is 11.4 Å². The molecule has 7 heteroatoms. The van der Waals surface area contributed by atoms with Gasteiger partial charge in [-0.1, -0.05) is 0 Å². The number of rotatable bonds is 2. The monoisotopic (exact) mass is 248 g/mol. The van der Waals surface area contributed by atoms with Gasteiger partial charge < -0.3 is 0 Å². The number of aryl methyl sites for hydroxylation is 4. The molecule has 0 bridgehead atoms. The van der Waals surface area contributed by atoms with Crippen LogP contribution < -0.4 is 10.6 Å². The molecule has 0 aliphatic rings. The van der Waals surface area contributed by atoms with Crippen molar-refractivity contribution in [1.29, 1.82) is 0 Å². The maximum absolute atomic E-state index is 11.7. The molecule has 0 aromatic carbocycles. The number of hydrogen-bond donors (Lipinski definition) is 2. The lowest BCUT2D eigenvalue weighted by molar-refractivity contribution is 0.262. The molecule has 0 fully saturated rings. The highest BCUT2D eigenvalue weighted by Crippen LogP contribution is 2.09. The maximum Gasteiger partial charge on any atom is 0.326 e. The highest BCUT2D eigenvalue weighted by molar-refractivity contribution is 5.98. The Labute approximate surface area is 105 Å². The average molecular weight is 248 g/mol. The van der Waals surface area contributed by atoms with Gasteiger partial charge in [0, 0.05) is 37.6 Å². The summed E-state index contributed by atoms with van der Waals surface area (Å²) in [7, 11) is 3.64. The first kappa shape index (κ1) is 12.2. The van der Waals surface area contributed by atoms with Crippen molar-refractivity contribution < 1.29 is 4.79 Å². The van der Waals surface area contributed by atoms with Gasteiger partial charge in [0.15, 0.2) is 11.6 Å². The molecule has 2 aromatic rings. The molecule has 18 heavy (non-hydrogen) atoms. The van der Waals surface area contributed by atoms with Crippen LogP contribution in [0.2, 0.25) is 0 Å². The van der Waals surface area contributed by atoms with Crippen molar-refractivity contribution in [1.82, 2.24) is 19.6 Å². The molecule has 7 nitrogen and oxygen atoms in total. The summed E-state index contributed by atoms with van der Waals surface area (Å²) < 4.78 is 3.39. The topological polar surface area (TPSA) is 76.8 Å². The number of aromatic nitrogens is 4. The summed E-state index contributed by atoms with van der Waals surface area (Å²) in [5.74, 6) is 1.03. The van der Waals surface area contributed by atoms with Gasteiger partial charge in [-0.25, -0.2) is 4.79 Å². The third kappa shape index (κ3) is 2.50. The van der Waals surface area contributed by atoms with Crippen molar-refractivity contribution in [3.63, 3.8) is 0 Å². The summed E-state index contributed by atoms with van der Waals surface area (Å²) >= 11 is 0. The second kappa shape index (κ2) is 4.52.